The van der Waals surface area contributed by atoms with Crippen LogP contribution in [0.4, 0.5) is 5.69 Å². The Bertz CT molecular complexity index is 726. The maximum atomic E-state index is 12.3. The molecular weight excluding hydrogens is 316 g/mol. The summed E-state index contributed by atoms with van der Waals surface area (Å²) in [6.07, 6.45) is 2.11. The molecule has 0 unspecified atom stereocenters. The van der Waals surface area contributed by atoms with E-state index in [4.69, 9.17) is 0 Å². The minimum Gasteiger partial charge on any atom is -0.367 e. The lowest BCUT2D eigenvalue weighted by Gasteiger charge is -2.26. The lowest BCUT2D eigenvalue weighted by Crippen LogP contribution is -2.40. The number of sulfonamides is 1. The Balaban J connectivity index is 1.68. The summed E-state index contributed by atoms with van der Waals surface area (Å²) in [5.74, 6) is 0. The molecule has 6 heteroatoms. The molecule has 0 amide bonds. The largest absolute Gasteiger partial charge is 0.367 e. The molecule has 0 bridgehead atoms. The Hall–Kier alpha value is -1.37. The summed E-state index contributed by atoms with van der Waals surface area (Å²) in [5, 5.41) is 0. The van der Waals surface area contributed by atoms with Gasteiger partial charge in [0.2, 0.25) is 10.0 Å². The first-order chi connectivity index (χ1) is 10.6. The van der Waals surface area contributed by atoms with Crippen LogP contribution in [0.25, 0.3) is 0 Å². The fourth-order valence-corrected chi connectivity index (χ4v) is 5.24. The van der Waals surface area contributed by atoms with Gasteiger partial charge in [-0.15, -0.1) is 11.3 Å². The Kier molecular flexibility index (Phi) is 4.52. The van der Waals surface area contributed by atoms with Gasteiger partial charge in [-0.25, -0.2) is 13.1 Å². The molecule has 1 aromatic carbocycles. The molecule has 4 nitrogen and oxygen atoms in total. The van der Waals surface area contributed by atoms with Crippen LogP contribution in [0.15, 0.2) is 46.7 Å². The zero-order valence-corrected chi connectivity index (χ0v) is 14.2. The number of benzene rings is 1. The van der Waals surface area contributed by atoms with Gasteiger partial charge in [-0.3, -0.25) is 0 Å². The molecule has 1 aromatic heterocycles. The Morgan fingerprint density at radius 3 is 2.68 bits per heavy atom. The summed E-state index contributed by atoms with van der Waals surface area (Å²) in [6.45, 7) is 3.35. The van der Waals surface area contributed by atoms with Crippen molar-refractivity contribution in [3.63, 3.8) is 0 Å². The number of anilines is 1. The maximum Gasteiger partial charge on any atom is 0.250 e. The monoisotopic (exact) mass is 336 g/mol. The first-order valence-electron chi connectivity index (χ1n) is 7.44. The number of nitrogens with one attached hydrogen (secondary N) is 1. The molecular formula is C16H20N2O2S2. The Morgan fingerprint density at radius 1 is 1.23 bits per heavy atom. The van der Waals surface area contributed by atoms with Gasteiger partial charge in [0.1, 0.15) is 4.21 Å². The topological polar surface area (TPSA) is 49.4 Å². The van der Waals surface area contributed by atoms with Crippen LogP contribution in [0.3, 0.4) is 0 Å². The lowest BCUT2D eigenvalue weighted by atomic mass is 10.2. The van der Waals surface area contributed by atoms with E-state index in [1.807, 2.05) is 31.2 Å². The molecule has 2 heterocycles. The quantitative estimate of drug-likeness (QED) is 0.913. The first kappa shape index (κ1) is 15.5. The van der Waals surface area contributed by atoms with E-state index >= 15 is 0 Å². The van der Waals surface area contributed by atoms with E-state index in [2.05, 4.69) is 21.8 Å². The molecule has 1 saturated heterocycles. The minimum absolute atomic E-state index is 0.221. The van der Waals surface area contributed by atoms with Crippen LogP contribution in [0.5, 0.6) is 0 Å². The number of rotatable bonds is 5. The fraction of sp³-hybridized carbons (Fsp3) is 0.375. The summed E-state index contributed by atoms with van der Waals surface area (Å²) >= 11 is 1.31. The Morgan fingerprint density at radius 2 is 2.00 bits per heavy atom. The molecule has 22 heavy (non-hydrogen) atoms. The van der Waals surface area contributed by atoms with Gasteiger partial charge in [0.15, 0.2) is 0 Å². The highest BCUT2D eigenvalue weighted by atomic mass is 32.2. The number of hydrogen-bond donors (Lipinski definition) is 1. The zero-order valence-electron chi connectivity index (χ0n) is 12.5. The number of aryl methyl sites for hydroxylation is 1. The highest BCUT2D eigenvalue weighted by molar-refractivity contribution is 7.91. The smallest absolute Gasteiger partial charge is 0.250 e. The van der Waals surface area contributed by atoms with E-state index < -0.39 is 10.0 Å². The number of para-hydroxylation sites is 1. The van der Waals surface area contributed by atoms with Gasteiger partial charge in [0, 0.05) is 29.7 Å². The summed E-state index contributed by atoms with van der Waals surface area (Å²) in [4.78, 5) is 3.30. The average Bonchev–Trinajstić information content (AvgIpc) is 3.15. The molecule has 1 atom stereocenters. The molecule has 118 valence electrons. The van der Waals surface area contributed by atoms with E-state index in [9.17, 15) is 8.42 Å². The van der Waals surface area contributed by atoms with E-state index in [-0.39, 0.29) is 6.04 Å². The van der Waals surface area contributed by atoms with Crippen LogP contribution in [-0.4, -0.2) is 27.5 Å². The van der Waals surface area contributed by atoms with Crippen LogP contribution in [-0.2, 0) is 10.0 Å². The van der Waals surface area contributed by atoms with Crippen molar-refractivity contribution in [2.75, 3.05) is 18.0 Å². The van der Waals surface area contributed by atoms with E-state index in [1.54, 1.807) is 6.07 Å². The fourth-order valence-electron chi connectivity index (χ4n) is 2.84. The third kappa shape index (κ3) is 3.34. The zero-order chi connectivity index (χ0) is 15.6. The normalized spacial score (nSPS) is 18.8. The molecule has 2 aromatic rings. The maximum absolute atomic E-state index is 12.3. The second kappa shape index (κ2) is 6.40. The first-order valence-corrected chi connectivity index (χ1v) is 9.74. The van der Waals surface area contributed by atoms with E-state index in [0.29, 0.717) is 10.8 Å². The van der Waals surface area contributed by atoms with Crippen molar-refractivity contribution in [2.45, 2.75) is 30.0 Å². The van der Waals surface area contributed by atoms with Crippen molar-refractivity contribution in [2.24, 2.45) is 0 Å². The summed E-state index contributed by atoms with van der Waals surface area (Å²) < 4.78 is 27.8. The number of hydrogen-bond acceptors (Lipinski definition) is 4. The molecule has 1 aliphatic rings. The van der Waals surface area contributed by atoms with Gasteiger partial charge in [-0.05, 0) is 44.0 Å². The molecule has 0 radical (unpaired) electrons. The van der Waals surface area contributed by atoms with Crippen LogP contribution in [0, 0.1) is 6.92 Å². The highest BCUT2D eigenvalue weighted by Gasteiger charge is 2.26. The van der Waals surface area contributed by atoms with Crippen molar-refractivity contribution in [1.82, 2.24) is 4.72 Å². The summed E-state index contributed by atoms with van der Waals surface area (Å²) in [6, 6.07) is 13.9. The van der Waals surface area contributed by atoms with Gasteiger partial charge >= 0.3 is 0 Å². The van der Waals surface area contributed by atoms with E-state index in [0.717, 1.165) is 30.0 Å². The van der Waals surface area contributed by atoms with Crippen molar-refractivity contribution in [3.8, 4) is 0 Å². The molecule has 1 aliphatic heterocycles. The predicted molar refractivity (Wildman–Crippen MR) is 91.1 cm³/mol. The van der Waals surface area contributed by atoms with Crippen molar-refractivity contribution in [1.29, 1.82) is 0 Å². The van der Waals surface area contributed by atoms with Crippen LogP contribution >= 0.6 is 11.3 Å². The number of thiophene rings is 1. The van der Waals surface area contributed by atoms with Gasteiger partial charge in [0.05, 0.1) is 0 Å². The van der Waals surface area contributed by atoms with Gasteiger partial charge < -0.3 is 4.90 Å². The molecule has 3 rings (SSSR count). The lowest BCUT2D eigenvalue weighted by molar-refractivity contribution is 0.569. The molecule has 0 aliphatic carbocycles. The highest BCUT2D eigenvalue weighted by Crippen LogP contribution is 2.25. The average molecular weight is 336 g/mol. The van der Waals surface area contributed by atoms with Crippen LogP contribution in [0.1, 0.15) is 17.7 Å². The predicted octanol–water partition coefficient (Wildman–Crippen LogP) is 3.00. The Labute approximate surface area is 135 Å². The molecule has 0 saturated carbocycles. The standard InChI is InChI=1S/C16H20N2O2S2/c1-13-9-10-16(21-13)22(19,20)17-12-15-8-5-11-18(15)14-6-3-2-4-7-14/h2-4,6-7,9-10,15,17H,5,8,11-12H2,1H3/t15-/m0/s1. The molecule has 1 fully saturated rings. The third-order valence-electron chi connectivity index (χ3n) is 3.95. The SMILES string of the molecule is Cc1ccc(S(=O)(=O)NC[C@@H]2CCCN2c2ccccc2)s1. The van der Waals surface area contributed by atoms with Crippen LogP contribution in [0.2, 0.25) is 0 Å². The van der Waals surface area contributed by atoms with Crippen molar-refractivity contribution in [3.05, 3.63) is 47.3 Å². The van der Waals surface area contributed by atoms with Gasteiger partial charge in [-0.1, -0.05) is 18.2 Å². The van der Waals surface area contributed by atoms with Crippen molar-refractivity contribution >= 4 is 27.0 Å². The van der Waals surface area contributed by atoms with Gasteiger partial charge in [0.25, 0.3) is 0 Å². The van der Waals surface area contributed by atoms with Gasteiger partial charge in [-0.2, -0.15) is 0 Å². The van der Waals surface area contributed by atoms with E-state index in [1.165, 1.54) is 11.3 Å². The molecule has 0 spiro atoms. The summed E-state index contributed by atoms with van der Waals surface area (Å²) in [7, 11) is -3.39. The van der Waals surface area contributed by atoms with Crippen molar-refractivity contribution < 1.29 is 8.42 Å². The van der Waals surface area contributed by atoms with Crippen LogP contribution < -0.4 is 9.62 Å². The third-order valence-corrected chi connectivity index (χ3v) is 6.87. The molecule has 1 N–H and O–H groups in total. The minimum atomic E-state index is -3.39. The summed E-state index contributed by atoms with van der Waals surface area (Å²) in [5.41, 5.74) is 1.16. The number of nitrogens with zero attached hydrogens (tertiary/aromatic N) is 1. The second-order valence-corrected chi connectivity index (χ2v) is 8.82. The second-order valence-electron chi connectivity index (χ2n) is 5.54.